The smallest absolute Gasteiger partial charge is 0.0250 e. The summed E-state index contributed by atoms with van der Waals surface area (Å²) in [6.45, 7) is 10.6. The van der Waals surface area contributed by atoms with Crippen LogP contribution in [0.4, 0.5) is 0 Å². The average molecular weight is 218 g/mol. The molecule has 16 heavy (non-hydrogen) atoms. The topological polar surface area (TPSA) is 0 Å². The van der Waals surface area contributed by atoms with Crippen molar-refractivity contribution in [3.8, 4) is 0 Å². The minimum Gasteiger partial charge on any atom is -0.106 e. The molecule has 1 rings (SSSR count). The fourth-order valence-corrected chi connectivity index (χ4v) is 2.11. The van der Waals surface area contributed by atoms with Gasteiger partial charge >= 0.3 is 0 Å². The van der Waals surface area contributed by atoms with Gasteiger partial charge in [-0.05, 0) is 17.9 Å². The molecule has 0 aliphatic rings. The molecule has 90 valence electrons. The van der Waals surface area contributed by atoms with Crippen LogP contribution in [0.2, 0.25) is 0 Å². The zero-order valence-corrected chi connectivity index (χ0v) is 10.9. The molecule has 0 N–H and O–H groups in total. The molecule has 1 aromatic carbocycles. The summed E-state index contributed by atoms with van der Waals surface area (Å²) in [5, 5.41) is 0. The van der Waals surface area contributed by atoms with Crippen molar-refractivity contribution in [2.75, 3.05) is 0 Å². The molecule has 0 unspecified atom stereocenters. The lowest BCUT2D eigenvalue weighted by atomic mass is 9.91. The number of rotatable bonds is 6. The number of benzene rings is 1. The molecule has 0 nitrogen and oxygen atoms in total. The second kappa shape index (κ2) is 10.5. The molecule has 0 bridgehead atoms. The molecule has 0 spiro atoms. The summed E-state index contributed by atoms with van der Waals surface area (Å²) < 4.78 is 0. The Balaban J connectivity index is 0.00000106. The molecule has 1 aromatic rings. The van der Waals surface area contributed by atoms with Crippen molar-refractivity contribution >= 4 is 0 Å². The van der Waals surface area contributed by atoms with Gasteiger partial charge in [-0.15, -0.1) is 13.2 Å². The van der Waals surface area contributed by atoms with E-state index in [9.17, 15) is 0 Å². The Hall–Kier alpha value is -1.04. The highest BCUT2D eigenvalue weighted by molar-refractivity contribution is 5.15. The van der Waals surface area contributed by atoms with Gasteiger partial charge in [0.1, 0.15) is 0 Å². The van der Waals surface area contributed by atoms with Crippen molar-refractivity contribution in [2.24, 2.45) is 5.92 Å². The molecule has 0 amide bonds. The van der Waals surface area contributed by atoms with Gasteiger partial charge < -0.3 is 0 Å². The van der Waals surface area contributed by atoms with Crippen molar-refractivity contribution in [1.82, 2.24) is 0 Å². The van der Waals surface area contributed by atoms with Crippen LogP contribution in [0.15, 0.2) is 43.5 Å². The van der Waals surface area contributed by atoms with E-state index in [0.29, 0.717) is 0 Å². The fourth-order valence-electron chi connectivity index (χ4n) is 2.11. The van der Waals surface area contributed by atoms with E-state index in [1.165, 1.54) is 37.7 Å². The van der Waals surface area contributed by atoms with E-state index < -0.39 is 0 Å². The standard InChI is InChI=1S/C14H22.C2H4/c1-3-8-13(9-4-2)12-14-10-6-5-7-11-14;1-2/h5-7,10-11,13H,3-4,8-9,12H2,1-2H3;1-2H2. The number of hydrogen-bond acceptors (Lipinski definition) is 0. The molecule has 0 radical (unpaired) electrons. The Kier molecular flexibility index (Phi) is 9.80. The second-order valence-electron chi connectivity index (χ2n) is 4.13. The first-order chi connectivity index (χ1) is 7.86. The van der Waals surface area contributed by atoms with Crippen molar-refractivity contribution in [3.63, 3.8) is 0 Å². The Labute approximate surface area is 101 Å². The SMILES string of the molecule is C=C.CCCC(CCC)Cc1ccccc1. The first-order valence-corrected chi connectivity index (χ1v) is 6.40. The van der Waals surface area contributed by atoms with E-state index in [0.717, 1.165) is 5.92 Å². The van der Waals surface area contributed by atoms with Crippen molar-refractivity contribution in [1.29, 1.82) is 0 Å². The molecule has 0 saturated carbocycles. The Morgan fingerprint density at radius 3 is 1.88 bits per heavy atom. The van der Waals surface area contributed by atoms with Crippen molar-refractivity contribution in [3.05, 3.63) is 49.1 Å². The lowest BCUT2D eigenvalue weighted by Crippen LogP contribution is -2.03. The summed E-state index contributed by atoms with van der Waals surface area (Å²) in [6, 6.07) is 10.9. The molecule has 0 fully saturated rings. The zero-order valence-electron chi connectivity index (χ0n) is 10.9. The maximum atomic E-state index is 3.00. The van der Waals surface area contributed by atoms with Crippen LogP contribution in [0, 0.1) is 5.92 Å². The summed E-state index contributed by atoms with van der Waals surface area (Å²) in [7, 11) is 0. The van der Waals surface area contributed by atoms with Crippen LogP contribution >= 0.6 is 0 Å². The molecular weight excluding hydrogens is 192 g/mol. The summed E-state index contributed by atoms with van der Waals surface area (Å²) in [6.07, 6.45) is 6.66. The third-order valence-corrected chi connectivity index (χ3v) is 2.76. The molecule has 0 saturated heterocycles. The molecule has 0 heteroatoms. The predicted octanol–water partition coefficient (Wildman–Crippen LogP) is 5.25. The van der Waals surface area contributed by atoms with Gasteiger partial charge in [-0.3, -0.25) is 0 Å². The highest BCUT2D eigenvalue weighted by atomic mass is 14.1. The average Bonchev–Trinajstić information content (AvgIpc) is 2.34. The van der Waals surface area contributed by atoms with Crippen LogP contribution in [0.1, 0.15) is 45.1 Å². The monoisotopic (exact) mass is 218 g/mol. The van der Waals surface area contributed by atoms with E-state index in [2.05, 4.69) is 57.3 Å². The van der Waals surface area contributed by atoms with Crippen LogP contribution in [0.5, 0.6) is 0 Å². The number of hydrogen-bond donors (Lipinski definition) is 0. The minimum atomic E-state index is 0.896. The van der Waals surface area contributed by atoms with Gasteiger partial charge in [0.15, 0.2) is 0 Å². The van der Waals surface area contributed by atoms with Crippen LogP contribution in [-0.2, 0) is 6.42 Å². The van der Waals surface area contributed by atoms with Gasteiger partial charge in [-0.1, -0.05) is 69.9 Å². The third-order valence-electron chi connectivity index (χ3n) is 2.76. The summed E-state index contributed by atoms with van der Waals surface area (Å²) >= 11 is 0. The van der Waals surface area contributed by atoms with E-state index in [1.807, 2.05) is 0 Å². The summed E-state index contributed by atoms with van der Waals surface area (Å²) in [4.78, 5) is 0. The molecule has 0 aliphatic heterocycles. The van der Waals surface area contributed by atoms with Crippen LogP contribution in [0.25, 0.3) is 0 Å². The molecule has 0 aliphatic carbocycles. The van der Waals surface area contributed by atoms with Gasteiger partial charge in [0, 0.05) is 0 Å². The van der Waals surface area contributed by atoms with Gasteiger partial charge in [-0.2, -0.15) is 0 Å². The molecule has 0 atom stereocenters. The fraction of sp³-hybridized carbons (Fsp3) is 0.500. The van der Waals surface area contributed by atoms with Crippen molar-refractivity contribution < 1.29 is 0 Å². The Morgan fingerprint density at radius 1 is 0.938 bits per heavy atom. The summed E-state index contributed by atoms with van der Waals surface area (Å²) in [5.41, 5.74) is 1.50. The Morgan fingerprint density at radius 2 is 1.44 bits per heavy atom. The lowest BCUT2D eigenvalue weighted by Gasteiger charge is -2.14. The van der Waals surface area contributed by atoms with E-state index >= 15 is 0 Å². The highest BCUT2D eigenvalue weighted by Gasteiger charge is 2.06. The van der Waals surface area contributed by atoms with Gasteiger partial charge in [0.25, 0.3) is 0 Å². The van der Waals surface area contributed by atoms with Gasteiger partial charge in [0.05, 0.1) is 0 Å². The first kappa shape index (κ1) is 15.0. The van der Waals surface area contributed by atoms with Gasteiger partial charge in [0.2, 0.25) is 0 Å². The second-order valence-corrected chi connectivity index (χ2v) is 4.13. The van der Waals surface area contributed by atoms with E-state index in [-0.39, 0.29) is 0 Å². The van der Waals surface area contributed by atoms with Crippen LogP contribution in [0.3, 0.4) is 0 Å². The largest absolute Gasteiger partial charge is 0.106 e. The predicted molar refractivity (Wildman–Crippen MR) is 74.7 cm³/mol. The molecule has 0 aromatic heterocycles. The van der Waals surface area contributed by atoms with E-state index in [4.69, 9.17) is 0 Å². The zero-order chi connectivity index (χ0) is 12.2. The third kappa shape index (κ3) is 6.44. The first-order valence-electron chi connectivity index (χ1n) is 6.40. The Bertz CT molecular complexity index is 231. The molecule has 0 heterocycles. The van der Waals surface area contributed by atoms with Crippen LogP contribution in [-0.4, -0.2) is 0 Å². The quantitative estimate of drug-likeness (QED) is 0.572. The highest BCUT2D eigenvalue weighted by Crippen LogP contribution is 2.18. The maximum absolute atomic E-state index is 3.00. The normalized spacial score (nSPS) is 9.69. The van der Waals surface area contributed by atoms with Crippen molar-refractivity contribution in [2.45, 2.75) is 46.0 Å². The molecular formula is C16H26. The van der Waals surface area contributed by atoms with Crippen LogP contribution < -0.4 is 0 Å². The van der Waals surface area contributed by atoms with E-state index in [1.54, 1.807) is 0 Å². The van der Waals surface area contributed by atoms with Gasteiger partial charge in [-0.25, -0.2) is 0 Å². The minimum absolute atomic E-state index is 0.896. The maximum Gasteiger partial charge on any atom is -0.0250 e. The lowest BCUT2D eigenvalue weighted by molar-refractivity contribution is 0.438. The summed E-state index contributed by atoms with van der Waals surface area (Å²) in [5.74, 6) is 0.896.